The van der Waals surface area contributed by atoms with Crippen LogP contribution in [0.5, 0.6) is 80.5 Å². The van der Waals surface area contributed by atoms with Crippen molar-refractivity contribution in [3.63, 3.8) is 0 Å². The van der Waals surface area contributed by atoms with Crippen LogP contribution in [-0.4, -0.2) is 120 Å². The van der Waals surface area contributed by atoms with Gasteiger partial charge < -0.3 is 90.2 Å². The van der Waals surface area contributed by atoms with Crippen molar-refractivity contribution < 1.29 is 71.5 Å². The van der Waals surface area contributed by atoms with Gasteiger partial charge in [0.05, 0.1) is 70.2 Å². The van der Waals surface area contributed by atoms with E-state index >= 15 is 0 Å². The summed E-state index contributed by atoms with van der Waals surface area (Å²) in [6.45, 7) is 55.8. The van der Waals surface area contributed by atoms with Gasteiger partial charge in [-0.3, -0.25) is 48.0 Å². The Morgan fingerprint density at radius 1 is 0.348 bits per heavy atom. The number of aromatic amines is 2. The van der Waals surface area contributed by atoms with Crippen molar-refractivity contribution in [3.8, 4) is 80.5 Å². The topological polar surface area (TPSA) is 498 Å². The number of nitrogens with one attached hydrogen (secondary N) is 2. The number of aromatic hydroxyl groups is 14. The minimum atomic E-state index is -0.482. The van der Waals surface area contributed by atoms with E-state index < -0.39 is 16.9 Å². The molecule has 7 aromatic carbocycles. The van der Waals surface area contributed by atoms with Crippen molar-refractivity contribution in [3.05, 3.63) is 219 Å². The molecular formula is C102H126Cl2N10O21. The maximum Gasteiger partial charge on any atom is 0.213 e. The highest BCUT2D eigenvalue weighted by Crippen LogP contribution is 2.44. The lowest BCUT2D eigenvalue weighted by atomic mass is 9.86. The molecule has 1 aliphatic rings. The molecule has 1 saturated carbocycles. The standard InChI is InChI=1S/C17H23NO3.C16H19NO3.C16H21NO3.C14H17ClN2O3.C14H18N2O3.C13H14ClNO3.C12H14N2O3/c1-16(2,3)11-9-18(17(4,5)6)12-8-14(20)13(19)7-10(12)15(11)21;1-16(2,3)11-8-17(9-4-5-9)12-7-14(19)13(18)6-10(12)15(11)20;1-9(2)17-8-11(16(3,4)5)15(20)10-6-13(18)14(19)7-12(10)17;1-5-17-7-6-8(18)11(19)10(15)9(7)12(20)13(16-17)14(2,3)4;1-5-16-9-7-11(18)10(17)6-8(9)12(19)13(15-16)14(2,3)4;1-13(2,3)6-5-15-7-4-8(16)12(18)10(14)9(7)11(6)17;1-12(2,3)11-10(17)6-4-8(15)9(16)5-7(6)13-14-11/h7-9,19-20H,1-6H3;6-9,18-19H,4-5H2,1-3H3;6-9,18-19H,1-5H3;6,18-19H,5H2,1-4H3;6-7,17-18H,5H2,1-4H3;4-5,16,18H,1-3H3,(H,15,17);4-5,15-16H,1-3H3,(H,13,17). The average molecular weight is 1900 g/mol. The molecule has 0 saturated heterocycles. The third kappa shape index (κ3) is 22.3. The minimum Gasteiger partial charge on any atom is -0.504 e. The van der Waals surface area contributed by atoms with Crippen molar-refractivity contribution in [1.82, 2.24) is 48.4 Å². The van der Waals surface area contributed by atoms with E-state index in [2.05, 4.69) is 29.9 Å². The molecule has 1 fully saturated rings. The zero-order valence-electron chi connectivity index (χ0n) is 81.7. The maximum absolute atomic E-state index is 12.7. The molecule has 1 aliphatic carbocycles. The molecule has 14 aromatic rings. The highest BCUT2D eigenvalue weighted by Gasteiger charge is 2.33. The van der Waals surface area contributed by atoms with Crippen LogP contribution < -0.4 is 38.0 Å². The third-order valence-corrected chi connectivity index (χ3v) is 23.4. The van der Waals surface area contributed by atoms with Crippen LogP contribution in [0, 0.1) is 0 Å². The Kier molecular flexibility index (Phi) is 29.8. The molecule has 0 bridgehead atoms. The fourth-order valence-corrected chi connectivity index (χ4v) is 15.6. The van der Waals surface area contributed by atoms with Gasteiger partial charge in [-0.25, -0.2) is 0 Å². The predicted molar refractivity (Wildman–Crippen MR) is 533 cm³/mol. The Labute approximate surface area is 789 Å². The summed E-state index contributed by atoms with van der Waals surface area (Å²) in [5.74, 6) is -4.21. The molecule has 135 heavy (non-hydrogen) atoms. The first-order valence-electron chi connectivity index (χ1n) is 44.0. The van der Waals surface area contributed by atoms with E-state index in [0.717, 1.165) is 18.4 Å². The molecule has 33 heteroatoms. The Morgan fingerprint density at radius 2 is 0.681 bits per heavy atom. The Morgan fingerprint density at radius 3 is 1.10 bits per heavy atom. The minimum absolute atomic E-state index is 0.0697. The molecular weight excluding hydrogens is 1770 g/mol. The van der Waals surface area contributed by atoms with Crippen LogP contribution in [0.25, 0.3) is 76.3 Å². The summed E-state index contributed by atoms with van der Waals surface area (Å²) < 4.78 is 9.26. The number of hydrogen-bond donors (Lipinski definition) is 16. The molecule has 31 nitrogen and oxygen atoms in total. The van der Waals surface area contributed by atoms with Crippen LogP contribution in [0.2, 0.25) is 10.0 Å². The molecule has 7 heterocycles. The van der Waals surface area contributed by atoms with Crippen LogP contribution in [0.4, 0.5) is 0 Å². The van der Waals surface area contributed by atoms with Gasteiger partial charge >= 0.3 is 0 Å². The number of aryl methyl sites for hydroxylation is 2. The van der Waals surface area contributed by atoms with Crippen LogP contribution >= 0.6 is 23.2 Å². The lowest BCUT2D eigenvalue weighted by molar-refractivity contribution is 0.395. The van der Waals surface area contributed by atoms with E-state index in [4.69, 9.17) is 23.2 Å². The summed E-state index contributed by atoms with van der Waals surface area (Å²) in [6.07, 6.45) is 9.41. The first-order valence-corrected chi connectivity index (χ1v) is 44.8. The molecule has 724 valence electrons. The van der Waals surface area contributed by atoms with Gasteiger partial charge in [-0.05, 0) is 113 Å². The van der Waals surface area contributed by atoms with E-state index in [0.29, 0.717) is 118 Å². The van der Waals surface area contributed by atoms with Gasteiger partial charge in [-0.1, -0.05) is 169 Å². The first-order chi connectivity index (χ1) is 61.8. The van der Waals surface area contributed by atoms with Crippen molar-refractivity contribution in [2.75, 3.05) is 0 Å². The summed E-state index contributed by atoms with van der Waals surface area (Å²) in [5.41, 5.74) is 3.70. The van der Waals surface area contributed by atoms with Crippen LogP contribution in [0.3, 0.4) is 0 Å². The second kappa shape index (κ2) is 38.2. The van der Waals surface area contributed by atoms with Crippen molar-refractivity contribution >= 4 is 99.5 Å². The average Bonchev–Trinajstić information content (AvgIpc) is 1.52. The van der Waals surface area contributed by atoms with Gasteiger partial charge in [0.25, 0.3) is 0 Å². The van der Waals surface area contributed by atoms with Crippen molar-refractivity contribution in [1.29, 1.82) is 0 Å². The van der Waals surface area contributed by atoms with Gasteiger partial charge in [0.2, 0.25) is 16.3 Å². The van der Waals surface area contributed by atoms with Gasteiger partial charge in [0.15, 0.2) is 102 Å². The van der Waals surface area contributed by atoms with Gasteiger partial charge in [0, 0.05) is 153 Å². The van der Waals surface area contributed by atoms with Crippen LogP contribution in [0.15, 0.2) is 131 Å². The number of aromatic nitrogens is 10. The number of phenols is 14. The lowest BCUT2D eigenvalue weighted by Crippen LogP contribution is -2.30. The van der Waals surface area contributed by atoms with E-state index in [-0.39, 0.29) is 172 Å². The van der Waals surface area contributed by atoms with E-state index in [9.17, 15) is 105 Å². The number of fused-ring (bicyclic) bond motifs is 7. The fourth-order valence-electron chi connectivity index (χ4n) is 15.0. The molecule has 0 spiro atoms. The summed E-state index contributed by atoms with van der Waals surface area (Å²) in [5, 5.41) is 152. The first kappa shape index (κ1) is 105. The maximum atomic E-state index is 12.7. The number of pyridine rings is 4. The normalized spacial score (nSPS) is 12.7. The highest BCUT2D eigenvalue weighted by molar-refractivity contribution is 6.37. The second-order valence-corrected chi connectivity index (χ2v) is 43.0. The smallest absolute Gasteiger partial charge is 0.213 e. The Balaban J connectivity index is 0.000000177. The summed E-state index contributed by atoms with van der Waals surface area (Å²) in [7, 11) is 0. The van der Waals surface area contributed by atoms with E-state index in [1.807, 2.05) is 222 Å². The molecule has 7 aromatic heterocycles. The predicted octanol–water partition coefficient (Wildman–Crippen LogP) is 19.2. The zero-order chi connectivity index (χ0) is 102. The fraction of sp³-hybridized carbons (Fsp3) is 0.412. The lowest BCUT2D eigenvalue weighted by Gasteiger charge is -2.29. The summed E-state index contributed by atoms with van der Waals surface area (Å²) >= 11 is 12.0. The molecule has 0 aliphatic heterocycles. The number of benzene rings is 7. The largest absolute Gasteiger partial charge is 0.504 e. The monoisotopic (exact) mass is 1900 g/mol. The van der Waals surface area contributed by atoms with Crippen LogP contribution in [0.1, 0.15) is 258 Å². The Hall–Kier alpha value is -13.4. The SMILES string of the molecule is CC(C)(C)c1c[nH]c2cc(O)c(O)c(Cl)c2c1=O.CC(C)(C)c1cn(C(C)(C)C)c2cc(O)c(O)cc2c1=O.CC(C)(C)c1cn(C2CC2)c2cc(O)c(O)cc2c1=O.CC(C)(C)c1n[nH]c2cc(O)c(O)cc2c1=O.CC(C)n1cc(C(C)(C)C)c(=O)c2cc(O)c(O)cc21.CCn1nc(C(C)(C)C)c(=O)c2c(Cl)c(O)c(O)cc21.CCn1nc(C(C)(C)C)c(=O)c2cc(O)c(O)cc21. The van der Waals surface area contributed by atoms with E-state index in [1.54, 1.807) is 15.6 Å². The number of halogens is 2. The van der Waals surface area contributed by atoms with Crippen LogP contribution in [-0.2, 0) is 56.5 Å². The summed E-state index contributed by atoms with van der Waals surface area (Å²) in [6, 6.07) is 16.8. The number of hydrogen-bond acceptors (Lipinski definition) is 24. The van der Waals surface area contributed by atoms with Gasteiger partial charge in [-0.15, -0.1) is 0 Å². The molecule has 0 radical (unpaired) electrons. The number of phenolic OH excluding ortho intramolecular Hbond substituents is 14. The number of rotatable bonds is 4. The number of nitrogens with zero attached hydrogens (tertiary/aromatic N) is 8. The number of H-pyrrole nitrogens is 2. The van der Waals surface area contributed by atoms with Gasteiger partial charge in [0.1, 0.15) is 17.1 Å². The highest BCUT2D eigenvalue weighted by atomic mass is 35.5. The van der Waals surface area contributed by atoms with Crippen molar-refractivity contribution in [2.24, 2.45) is 0 Å². The molecule has 0 atom stereocenters. The third-order valence-electron chi connectivity index (χ3n) is 22.7. The zero-order valence-corrected chi connectivity index (χ0v) is 83.2. The van der Waals surface area contributed by atoms with Gasteiger partial charge in [-0.2, -0.15) is 15.3 Å². The second-order valence-electron chi connectivity index (χ2n) is 42.2. The van der Waals surface area contributed by atoms with E-state index in [1.165, 1.54) is 72.8 Å². The molecule has 0 unspecified atom stereocenters. The molecule has 15 rings (SSSR count). The molecule has 16 N–H and O–H groups in total. The van der Waals surface area contributed by atoms with Crippen molar-refractivity contribution in [2.45, 2.75) is 275 Å². The Bertz CT molecular complexity index is 7350. The quantitative estimate of drug-likeness (QED) is 0.0728. The summed E-state index contributed by atoms with van der Waals surface area (Å²) in [4.78, 5) is 90.4. The molecule has 0 amide bonds.